The fourth-order valence-electron chi connectivity index (χ4n) is 3.65. The van der Waals surface area contributed by atoms with Crippen LogP contribution in [-0.4, -0.2) is 43.3 Å². The second-order valence-corrected chi connectivity index (χ2v) is 7.55. The third-order valence-corrected chi connectivity index (χ3v) is 5.48. The lowest BCUT2D eigenvalue weighted by Gasteiger charge is -2.22. The Morgan fingerprint density at radius 1 is 1.10 bits per heavy atom. The van der Waals surface area contributed by atoms with Crippen LogP contribution >= 0.6 is 15.9 Å². The van der Waals surface area contributed by atoms with Crippen molar-refractivity contribution in [1.82, 2.24) is 0 Å². The second kappa shape index (κ2) is 7.91. The predicted octanol–water partition coefficient (Wildman–Crippen LogP) is 2.76. The summed E-state index contributed by atoms with van der Waals surface area (Å²) in [4.78, 5) is 40.4. The number of carbonyl (C=O) groups excluding carboxylic acids is 3. The van der Waals surface area contributed by atoms with E-state index in [9.17, 15) is 14.4 Å². The van der Waals surface area contributed by atoms with Crippen LogP contribution < -0.4 is 14.6 Å². The smallest absolute Gasteiger partial charge is 0.355 e. The molecule has 9 heteroatoms. The van der Waals surface area contributed by atoms with E-state index in [1.165, 1.54) is 12.1 Å². The summed E-state index contributed by atoms with van der Waals surface area (Å²) < 4.78 is 11.3. The van der Waals surface area contributed by atoms with Gasteiger partial charge in [0.1, 0.15) is 17.7 Å². The molecule has 0 saturated carbocycles. The van der Waals surface area contributed by atoms with Gasteiger partial charge in [-0.3, -0.25) is 14.6 Å². The SMILES string of the molecule is CCOC(=O)C1=NN(c2ccc(Br)cc2)[C@H]2C(=O)N(c3ccccc3OC)C(=O)[C@@H]12. The first kappa shape index (κ1) is 20.1. The van der Waals surface area contributed by atoms with Crippen LogP contribution in [0.2, 0.25) is 0 Å². The van der Waals surface area contributed by atoms with E-state index >= 15 is 0 Å². The Kier molecular flexibility index (Phi) is 5.29. The number of hydrazone groups is 1. The minimum absolute atomic E-state index is 0.0829. The van der Waals surface area contributed by atoms with Crippen LogP contribution in [0.15, 0.2) is 58.1 Å². The number of ether oxygens (including phenoxy) is 2. The highest BCUT2D eigenvalue weighted by Gasteiger charge is 2.59. The lowest BCUT2D eigenvalue weighted by atomic mass is 9.98. The summed E-state index contributed by atoms with van der Waals surface area (Å²) in [6.45, 7) is 1.80. The highest BCUT2D eigenvalue weighted by Crippen LogP contribution is 2.40. The van der Waals surface area contributed by atoms with Crippen LogP contribution in [0.25, 0.3) is 0 Å². The van der Waals surface area contributed by atoms with Crippen molar-refractivity contribution in [2.75, 3.05) is 23.6 Å². The molecule has 2 atom stereocenters. The largest absolute Gasteiger partial charge is 0.495 e. The van der Waals surface area contributed by atoms with Crippen molar-refractivity contribution in [2.24, 2.45) is 11.0 Å². The third kappa shape index (κ3) is 3.15. The molecule has 0 bridgehead atoms. The minimum atomic E-state index is -1.06. The van der Waals surface area contributed by atoms with E-state index in [4.69, 9.17) is 9.47 Å². The highest BCUT2D eigenvalue weighted by molar-refractivity contribution is 9.10. The molecular weight excluding hydrogens is 454 g/mol. The van der Waals surface area contributed by atoms with Gasteiger partial charge in [0, 0.05) is 4.47 Å². The van der Waals surface area contributed by atoms with Gasteiger partial charge in [-0.15, -0.1) is 0 Å². The Balaban J connectivity index is 1.81. The van der Waals surface area contributed by atoms with E-state index in [1.54, 1.807) is 55.5 Å². The molecule has 0 N–H and O–H groups in total. The molecule has 2 amide bonds. The van der Waals surface area contributed by atoms with Crippen LogP contribution in [0.1, 0.15) is 6.92 Å². The Labute approximate surface area is 181 Å². The first-order valence-electron chi connectivity index (χ1n) is 9.29. The number of esters is 1. The standard InChI is InChI=1S/C21H18BrN3O5/c1-3-30-21(28)17-16-18(25(23-17)13-10-8-12(22)9-11-13)20(27)24(19(16)26)14-6-4-5-7-15(14)29-2/h4-11,16,18H,3H2,1-2H3/t16-,18+/m0/s1. The number of benzene rings is 2. The molecule has 2 aliphatic heterocycles. The van der Waals surface area contributed by atoms with Crippen LogP contribution in [0.5, 0.6) is 5.75 Å². The molecule has 0 aromatic heterocycles. The Hall–Kier alpha value is -3.20. The van der Waals surface area contributed by atoms with Crippen molar-refractivity contribution in [1.29, 1.82) is 0 Å². The van der Waals surface area contributed by atoms with Crippen molar-refractivity contribution in [3.63, 3.8) is 0 Å². The Morgan fingerprint density at radius 3 is 2.47 bits per heavy atom. The van der Waals surface area contributed by atoms with Crippen LogP contribution in [0.4, 0.5) is 11.4 Å². The molecule has 2 aliphatic rings. The summed E-state index contributed by atoms with van der Waals surface area (Å²) in [7, 11) is 1.46. The van der Waals surface area contributed by atoms with Crippen LogP contribution in [-0.2, 0) is 19.1 Å². The van der Waals surface area contributed by atoms with Crippen molar-refractivity contribution in [3.8, 4) is 5.75 Å². The second-order valence-electron chi connectivity index (χ2n) is 6.63. The predicted molar refractivity (Wildman–Crippen MR) is 113 cm³/mol. The average Bonchev–Trinajstić information content (AvgIpc) is 3.26. The molecule has 1 saturated heterocycles. The quantitative estimate of drug-likeness (QED) is 0.492. The van der Waals surface area contributed by atoms with Crippen molar-refractivity contribution >= 4 is 50.8 Å². The molecule has 0 spiro atoms. The summed E-state index contributed by atoms with van der Waals surface area (Å²) in [6.07, 6.45) is 0. The number of halogens is 1. The molecule has 30 heavy (non-hydrogen) atoms. The molecule has 8 nitrogen and oxygen atoms in total. The molecule has 2 aromatic rings. The van der Waals surface area contributed by atoms with Gasteiger partial charge in [-0.2, -0.15) is 5.10 Å². The van der Waals surface area contributed by atoms with Crippen molar-refractivity contribution in [3.05, 3.63) is 53.0 Å². The number of methoxy groups -OCH3 is 1. The van der Waals surface area contributed by atoms with Gasteiger partial charge in [-0.25, -0.2) is 9.69 Å². The summed E-state index contributed by atoms with van der Waals surface area (Å²) in [6, 6.07) is 12.8. The fraction of sp³-hybridized carbons (Fsp3) is 0.238. The summed E-state index contributed by atoms with van der Waals surface area (Å²) in [5.74, 6) is -2.43. The van der Waals surface area contributed by atoms with Gasteiger partial charge in [0.05, 0.1) is 25.1 Å². The van der Waals surface area contributed by atoms with E-state index in [2.05, 4.69) is 21.0 Å². The lowest BCUT2D eigenvalue weighted by Crippen LogP contribution is -2.39. The molecule has 4 rings (SSSR count). The zero-order valence-corrected chi connectivity index (χ0v) is 17.8. The number of hydrogen-bond donors (Lipinski definition) is 0. The zero-order chi connectivity index (χ0) is 21.4. The van der Waals surface area contributed by atoms with Gasteiger partial charge in [0.25, 0.3) is 5.91 Å². The fourth-order valence-corrected chi connectivity index (χ4v) is 3.91. The number of anilines is 2. The average molecular weight is 472 g/mol. The molecule has 0 aliphatic carbocycles. The number of rotatable bonds is 5. The Bertz CT molecular complexity index is 1050. The summed E-state index contributed by atoms with van der Waals surface area (Å²) in [5, 5.41) is 5.74. The Morgan fingerprint density at radius 2 is 1.80 bits per heavy atom. The number of hydrogen-bond acceptors (Lipinski definition) is 7. The van der Waals surface area contributed by atoms with Gasteiger partial charge in [0.2, 0.25) is 5.91 Å². The molecular formula is C21H18BrN3O5. The monoisotopic (exact) mass is 471 g/mol. The first-order valence-corrected chi connectivity index (χ1v) is 10.1. The highest BCUT2D eigenvalue weighted by atomic mass is 79.9. The molecule has 0 radical (unpaired) electrons. The van der Waals surface area contributed by atoms with E-state index in [0.29, 0.717) is 17.1 Å². The first-order chi connectivity index (χ1) is 14.5. The van der Waals surface area contributed by atoms with Gasteiger partial charge >= 0.3 is 5.97 Å². The zero-order valence-electron chi connectivity index (χ0n) is 16.2. The number of nitrogens with zero attached hydrogens (tertiary/aromatic N) is 3. The maximum Gasteiger partial charge on any atom is 0.355 e. The van der Waals surface area contributed by atoms with Gasteiger partial charge in [-0.1, -0.05) is 28.1 Å². The normalized spacial score (nSPS) is 20.3. The minimum Gasteiger partial charge on any atom is -0.495 e. The van der Waals surface area contributed by atoms with E-state index < -0.39 is 29.7 Å². The van der Waals surface area contributed by atoms with Crippen molar-refractivity contribution in [2.45, 2.75) is 13.0 Å². The lowest BCUT2D eigenvalue weighted by molar-refractivity contribution is -0.136. The molecule has 154 valence electrons. The topological polar surface area (TPSA) is 88.5 Å². The van der Waals surface area contributed by atoms with Crippen LogP contribution in [0.3, 0.4) is 0 Å². The number of amides is 2. The maximum absolute atomic E-state index is 13.4. The van der Waals surface area contributed by atoms with Gasteiger partial charge < -0.3 is 9.47 Å². The van der Waals surface area contributed by atoms with E-state index in [1.807, 2.05) is 0 Å². The summed E-state index contributed by atoms with van der Waals surface area (Å²) in [5.41, 5.74) is 0.819. The van der Waals surface area contributed by atoms with Gasteiger partial charge in [0.15, 0.2) is 5.71 Å². The molecule has 1 fully saturated rings. The van der Waals surface area contributed by atoms with E-state index in [0.717, 1.165) is 9.37 Å². The van der Waals surface area contributed by atoms with E-state index in [-0.39, 0.29) is 12.3 Å². The maximum atomic E-state index is 13.4. The van der Waals surface area contributed by atoms with Crippen molar-refractivity contribution < 1.29 is 23.9 Å². The number of fused-ring (bicyclic) bond motifs is 1. The number of imide groups is 1. The number of carbonyl (C=O) groups is 3. The summed E-state index contributed by atoms with van der Waals surface area (Å²) >= 11 is 3.37. The van der Waals surface area contributed by atoms with Gasteiger partial charge in [-0.05, 0) is 43.3 Å². The molecule has 0 unspecified atom stereocenters. The molecule has 2 aromatic carbocycles. The number of para-hydroxylation sites is 2. The molecule has 2 heterocycles. The third-order valence-electron chi connectivity index (χ3n) is 4.95. The van der Waals surface area contributed by atoms with Crippen LogP contribution in [0, 0.1) is 5.92 Å².